The molecule has 4 rings (SSSR count). The second kappa shape index (κ2) is 13.1. The van der Waals surface area contributed by atoms with E-state index in [1.807, 2.05) is 56.3 Å². The fourth-order valence-electron chi connectivity index (χ4n) is 4.20. The molecule has 2 amide bonds. The molecule has 8 nitrogen and oxygen atoms in total. The number of methoxy groups -OCH3 is 3. The van der Waals surface area contributed by atoms with Crippen LogP contribution in [-0.2, 0) is 6.54 Å². The number of nitrogens with one attached hydrogen (secondary N) is 2. The Kier molecular flexibility index (Phi) is 9.39. The van der Waals surface area contributed by atoms with Crippen molar-refractivity contribution in [2.75, 3.05) is 21.3 Å². The van der Waals surface area contributed by atoms with Crippen LogP contribution in [0.4, 0.5) is 0 Å². The number of rotatable bonds is 11. The molecular weight excluding hydrogens is 526 g/mol. The molecule has 0 aliphatic carbocycles. The van der Waals surface area contributed by atoms with Gasteiger partial charge >= 0.3 is 0 Å². The summed E-state index contributed by atoms with van der Waals surface area (Å²) in [4.78, 5) is 30.6. The molecule has 1 aromatic heterocycles. The fraction of sp³-hybridized carbons (Fsp3) is 0.258. The average Bonchev–Trinajstić information content (AvgIpc) is 3.48. The van der Waals surface area contributed by atoms with E-state index >= 15 is 0 Å². The van der Waals surface area contributed by atoms with Crippen LogP contribution in [0.1, 0.15) is 51.3 Å². The minimum absolute atomic E-state index is 0.0242. The first-order chi connectivity index (χ1) is 19.3. The molecule has 1 atom stereocenters. The predicted molar refractivity (Wildman–Crippen MR) is 156 cm³/mol. The summed E-state index contributed by atoms with van der Waals surface area (Å²) in [5, 5.41) is 8.34. The smallest absolute Gasteiger partial charge is 0.271 e. The van der Waals surface area contributed by atoms with Crippen molar-refractivity contribution >= 4 is 23.2 Å². The van der Waals surface area contributed by atoms with E-state index in [1.54, 1.807) is 17.5 Å². The summed E-state index contributed by atoms with van der Waals surface area (Å²) in [6.07, 6.45) is 0. The summed E-state index contributed by atoms with van der Waals surface area (Å²) in [5.74, 6) is 0.610. The van der Waals surface area contributed by atoms with Gasteiger partial charge in [0.25, 0.3) is 11.8 Å². The minimum atomic E-state index is -0.399. The van der Waals surface area contributed by atoms with Gasteiger partial charge in [0.05, 0.1) is 27.4 Å². The zero-order chi connectivity index (χ0) is 28.6. The maximum Gasteiger partial charge on any atom is 0.271 e. The van der Waals surface area contributed by atoms with Gasteiger partial charge in [0.2, 0.25) is 5.75 Å². The second-order valence-corrected chi connectivity index (χ2v) is 10.3. The Hall–Kier alpha value is -4.37. The minimum Gasteiger partial charge on any atom is -0.493 e. The lowest BCUT2D eigenvalue weighted by molar-refractivity contribution is 0.0924. The van der Waals surface area contributed by atoms with Crippen molar-refractivity contribution in [1.82, 2.24) is 15.6 Å². The van der Waals surface area contributed by atoms with Crippen LogP contribution in [0, 0.1) is 5.92 Å². The van der Waals surface area contributed by atoms with Gasteiger partial charge in [-0.1, -0.05) is 68.4 Å². The van der Waals surface area contributed by atoms with Gasteiger partial charge in [-0.25, -0.2) is 4.98 Å². The summed E-state index contributed by atoms with van der Waals surface area (Å²) >= 11 is 1.34. The number of amides is 2. The first-order valence-electron chi connectivity index (χ1n) is 12.8. The summed E-state index contributed by atoms with van der Waals surface area (Å²) < 4.78 is 16.1. The third kappa shape index (κ3) is 6.60. The summed E-state index contributed by atoms with van der Waals surface area (Å²) in [7, 11) is 4.50. The van der Waals surface area contributed by atoms with Crippen LogP contribution in [0.25, 0.3) is 11.1 Å². The number of ether oxygens (including phenoxy) is 3. The Labute approximate surface area is 238 Å². The summed E-state index contributed by atoms with van der Waals surface area (Å²) in [6, 6.07) is 21.0. The molecule has 1 heterocycles. The van der Waals surface area contributed by atoms with Crippen LogP contribution in [0.2, 0.25) is 0 Å². The second-order valence-electron chi connectivity index (χ2n) is 9.43. The van der Waals surface area contributed by atoms with Crippen molar-refractivity contribution in [3.63, 3.8) is 0 Å². The van der Waals surface area contributed by atoms with E-state index in [0.29, 0.717) is 40.1 Å². The Morgan fingerprint density at radius 1 is 0.850 bits per heavy atom. The van der Waals surface area contributed by atoms with E-state index < -0.39 is 6.04 Å². The maximum absolute atomic E-state index is 13.2. The van der Waals surface area contributed by atoms with E-state index in [9.17, 15) is 9.59 Å². The van der Waals surface area contributed by atoms with Crippen molar-refractivity contribution in [2.45, 2.75) is 26.4 Å². The highest BCUT2D eigenvalue weighted by atomic mass is 32.1. The molecule has 0 radical (unpaired) electrons. The molecule has 0 fully saturated rings. The molecule has 0 aliphatic rings. The van der Waals surface area contributed by atoms with Crippen LogP contribution in [-0.4, -0.2) is 38.1 Å². The molecule has 0 unspecified atom stereocenters. The van der Waals surface area contributed by atoms with Crippen molar-refractivity contribution in [3.05, 3.63) is 93.9 Å². The zero-order valence-electron chi connectivity index (χ0n) is 23.2. The van der Waals surface area contributed by atoms with E-state index in [-0.39, 0.29) is 17.7 Å². The first kappa shape index (κ1) is 28.6. The number of hydrogen-bond acceptors (Lipinski definition) is 7. The standard InChI is InChI=1S/C31H33N3O5S/c1-19(2)27(34-29(35)23-15-25(37-3)28(39-5)26(16-23)38-4)31-33-24(18-40-31)30(36)32-17-20-11-13-22(14-12-20)21-9-7-6-8-10-21/h6-16,18-19,27H,17H2,1-5H3,(H,32,36)(H,34,35)/t27-/m0/s1. The van der Waals surface area contributed by atoms with Gasteiger partial charge in [-0.3, -0.25) is 9.59 Å². The highest BCUT2D eigenvalue weighted by molar-refractivity contribution is 7.09. The molecule has 0 spiro atoms. The maximum atomic E-state index is 13.2. The van der Waals surface area contributed by atoms with Crippen LogP contribution < -0.4 is 24.8 Å². The number of nitrogens with zero attached hydrogens (tertiary/aromatic N) is 1. The SMILES string of the molecule is COc1cc(C(=O)N[C@H](c2nc(C(=O)NCc3ccc(-c4ccccc4)cc3)cs2)C(C)C)cc(OC)c1OC. The quantitative estimate of drug-likeness (QED) is 0.238. The number of carbonyl (C=O) groups excluding carboxylic acids is 2. The molecule has 9 heteroatoms. The van der Waals surface area contributed by atoms with E-state index in [0.717, 1.165) is 16.7 Å². The first-order valence-corrected chi connectivity index (χ1v) is 13.7. The number of carbonyl (C=O) groups is 2. The molecule has 4 aromatic rings. The molecule has 2 N–H and O–H groups in total. The Bertz CT molecular complexity index is 1430. The number of thiazole rings is 1. The number of aromatic nitrogens is 1. The molecular formula is C31H33N3O5S. The third-order valence-electron chi connectivity index (χ3n) is 6.41. The van der Waals surface area contributed by atoms with Crippen LogP contribution in [0.15, 0.2) is 72.1 Å². The fourth-order valence-corrected chi connectivity index (χ4v) is 5.22. The van der Waals surface area contributed by atoms with E-state index in [1.165, 1.54) is 32.7 Å². The van der Waals surface area contributed by atoms with Gasteiger partial charge in [0.15, 0.2) is 11.5 Å². The lowest BCUT2D eigenvalue weighted by Crippen LogP contribution is -2.32. The summed E-state index contributed by atoms with van der Waals surface area (Å²) in [5.41, 5.74) is 3.92. The van der Waals surface area contributed by atoms with Crippen molar-refractivity contribution < 1.29 is 23.8 Å². The van der Waals surface area contributed by atoms with Crippen molar-refractivity contribution in [1.29, 1.82) is 0 Å². The van der Waals surface area contributed by atoms with E-state index in [2.05, 4.69) is 27.8 Å². The zero-order valence-corrected chi connectivity index (χ0v) is 24.0. The van der Waals surface area contributed by atoms with Crippen LogP contribution >= 0.6 is 11.3 Å². The normalized spacial score (nSPS) is 11.6. The Morgan fingerprint density at radius 3 is 2.05 bits per heavy atom. The van der Waals surface area contributed by atoms with E-state index in [4.69, 9.17) is 14.2 Å². The molecule has 3 aromatic carbocycles. The predicted octanol–water partition coefficient (Wildman–Crippen LogP) is 5.89. The molecule has 0 aliphatic heterocycles. The van der Waals surface area contributed by atoms with Gasteiger partial charge in [-0.05, 0) is 34.7 Å². The number of benzene rings is 3. The van der Waals surface area contributed by atoms with Crippen molar-refractivity contribution in [2.24, 2.45) is 5.92 Å². The van der Waals surface area contributed by atoms with Crippen molar-refractivity contribution in [3.8, 4) is 28.4 Å². The van der Waals surface area contributed by atoms with Crippen LogP contribution in [0.3, 0.4) is 0 Å². The average molecular weight is 560 g/mol. The van der Waals surface area contributed by atoms with Gasteiger partial charge in [-0.2, -0.15) is 0 Å². The third-order valence-corrected chi connectivity index (χ3v) is 7.34. The highest BCUT2D eigenvalue weighted by Gasteiger charge is 2.25. The molecule has 0 saturated carbocycles. The molecule has 208 valence electrons. The van der Waals surface area contributed by atoms with Crippen LogP contribution in [0.5, 0.6) is 17.2 Å². The molecule has 0 saturated heterocycles. The molecule has 40 heavy (non-hydrogen) atoms. The number of hydrogen-bond donors (Lipinski definition) is 2. The van der Waals surface area contributed by atoms with Gasteiger partial charge in [-0.15, -0.1) is 11.3 Å². The van der Waals surface area contributed by atoms with Gasteiger partial charge in [0.1, 0.15) is 10.7 Å². The largest absolute Gasteiger partial charge is 0.493 e. The van der Waals surface area contributed by atoms with Gasteiger partial charge in [0, 0.05) is 17.5 Å². The summed E-state index contributed by atoms with van der Waals surface area (Å²) in [6.45, 7) is 4.35. The molecule has 0 bridgehead atoms. The monoisotopic (exact) mass is 559 g/mol. The topological polar surface area (TPSA) is 98.8 Å². The Morgan fingerprint density at radius 2 is 1.48 bits per heavy atom. The Balaban J connectivity index is 1.42. The highest BCUT2D eigenvalue weighted by Crippen LogP contribution is 2.38. The van der Waals surface area contributed by atoms with Gasteiger partial charge < -0.3 is 24.8 Å². The lowest BCUT2D eigenvalue weighted by Gasteiger charge is -2.21. The lowest BCUT2D eigenvalue weighted by atomic mass is 10.0.